The summed E-state index contributed by atoms with van der Waals surface area (Å²) in [6.45, 7) is 5.86. The molecule has 0 unspecified atom stereocenters. The van der Waals surface area contributed by atoms with E-state index in [-0.39, 0.29) is 18.4 Å². The number of rotatable bonds is 5. The molecular formula is C12H20N4O2. The SMILES string of the molecule is CCCCC(=O)NNC(=O)Cn1nc(C)cc1C. The van der Waals surface area contributed by atoms with Gasteiger partial charge in [-0.05, 0) is 26.3 Å². The quantitative estimate of drug-likeness (QED) is 0.762. The van der Waals surface area contributed by atoms with Gasteiger partial charge < -0.3 is 0 Å². The van der Waals surface area contributed by atoms with Gasteiger partial charge in [-0.25, -0.2) is 0 Å². The Morgan fingerprint density at radius 3 is 2.50 bits per heavy atom. The van der Waals surface area contributed by atoms with Crippen LogP contribution in [0.1, 0.15) is 37.6 Å². The zero-order valence-electron chi connectivity index (χ0n) is 11.1. The van der Waals surface area contributed by atoms with Gasteiger partial charge in [-0.1, -0.05) is 13.3 Å². The highest BCUT2D eigenvalue weighted by Gasteiger charge is 2.07. The number of nitrogens with one attached hydrogen (secondary N) is 2. The highest BCUT2D eigenvalue weighted by molar-refractivity contribution is 5.81. The van der Waals surface area contributed by atoms with E-state index in [1.54, 1.807) is 4.68 Å². The molecule has 100 valence electrons. The Hall–Kier alpha value is -1.85. The lowest BCUT2D eigenvalue weighted by molar-refractivity contribution is -0.129. The maximum absolute atomic E-state index is 11.6. The van der Waals surface area contributed by atoms with E-state index in [1.807, 2.05) is 26.8 Å². The van der Waals surface area contributed by atoms with Gasteiger partial charge in [-0.3, -0.25) is 25.1 Å². The molecule has 0 saturated carbocycles. The van der Waals surface area contributed by atoms with E-state index in [4.69, 9.17) is 0 Å². The number of hydrogen-bond donors (Lipinski definition) is 2. The summed E-state index contributed by atoms with van der Waals surface area (Å²) in [6.07, 6.45) is 2.20. The standard InChI is InChI=1S/C12H20N4O2/c1-4-5-6-11(17)13-14-12(18)8-16-10(3)7-9(2)15-16/h7H,4-6,8H2,1-3H3,(H,13,17)(H,14,18). The van der Waals surface area contributed by atoms with Crippen molar-refractivity contribution in [1.82, 2.24) is 20.6 Å². The van der Waals surface area contributed by atoms with E-state index in [0.29, 0.717) is 6.42 Å². The summed E-state index contributed by atoms with van der Waals surface area (Å²) in [6, 6.07) is 1.90. The van der Waals surface area contributed by atoms with Crippen LogP contribution in [0.25, 0.3) is 0 Å². The first kappa shape index (κ1) is 14.2. The van der Waals surface area contributed by atoms with Gasteiger partial charge in [0.2, 0.25) is 5.91 Å². The Kier molecular flexibility index (Phi) is 5.35. The summed E-state index contributed by atoms with van der Waals surface area (Å²) in [5, 5.41) is 4.17. The second-order valence-corrected chi connectivity index (χ2v) is 4.28. The number of amides is 2. The summed E-state index contributed by atoms with van der Waals surface area (Å²) < 4.78 is 1.60. The zero-order valence-corrected chi connectivity index (χ0v) is 11.1. The monoisotopic (exact) mass is 252 g/mol. The third kappa shape index (κ3) is 4.57. The van der Waals surface area contributed by atoms with E-state index in [0.717, 1.165) is 24.2 Å². The Morgan fingerprint density at radius 1 is 1.28 bits per heavy atom. The molecule has 0 atom stereocenters. The molecule has 0 aliphatic rings. The molecule has 0 spiro atoms. The molecule has 0 bridgehead atoms. The summed E-state index contributed by atoms with van der Waals surface area (Å²) in [7, 11) is 0. The highest BCUT2D eigenvalue weighted by Crippen LogP contribution is 2.00. The molecule has 0 saturated heterocycles. The first-order valence-electron chi connectivity index (χ1n) is 6.11. The number of carbonyl (C=O) groups excluding carboxylic acids is 2. The third-order valence-electron chi connectivity index (χ3n) is 2.50. The van der Waals surface area contributed by atoms with Crippen LogP contribution in [0.4, 0.5) is 0 Å². The van der Waals surface area contributed by atoms with Gasteiger partial charge in [0.15, 0.2) is 0 Å². The number of hydrazine groups is 1. The fourth-order valence-corrected chi connectivity index (χ4v) is 1.55. The lowest BCUT2D eigenvalue weighted by atomic mass is 10.2. The fourth-order valence-electron chi connectivity index (χ4n) is 1.55. The van der Waals surface area contributed by atoms with Crippen molar-refractivity contribution in [3.05, 3.63) is 17.5 Å². The van der Waals surface area contributed by atoms with Crippen molar-refractivity contribution in [1.29, 1.82) is 0 Å². The van der Waals surface area contributed by atoms with Crippen molar-refractivity contribution in [3.8, 4) is 0 Å². The molecule has 2 amide bonds. The van der Waals surface area contributed by atoms with Gasteiger partial charge in [0.25, 0.3) is 5.91 Å². The summed E-state index contributed by atoms with van der Waals surface area (Å²) >= 11 is 0. The molecule has 2 N–H and O–H groups in total. The van der Waals surface area contributed by atoms with Gasteiger partial charge in [-0.15, -0.1) is 0 Å². The van der Waals surface area contributed by atoms with Crippen LogP contribution in [0, 0.1) is 13.8 Å². The van der Waals surface area contributed by atoms with E-state index in [2.05, 4.69) is 16.0 Å². The molecule has 0 aromatic carbocycles. The molecular weight excluding hydrogens is 232 g/mol. The first-order valence-corrected chi connectivity index (χ1v) is 6.11. The highest BCUT2D eigenvalue weighted by atomic mass is 16.2. The topological polar surface area (TPSA) is 76.0 Å². The molecule has 6 nitrogen and oxygen atoms in total. The maximum Gasteiger partial charge on any atom is 0.260 e. The number of hydrogen-bond acceptors (Lipinski definition) is 3. The van der Waals surface area contributed by atoms with Crippen LogP contribution in [0.5, 0.6) is 0 Å². The molecule has 0 fully saturated rings. The van der Waals surface area contributed by atoms with E-state index < -0.39 is 0 Å². The largest absolute Gasteiger partial charge is 0.273 e. The lowest BCUT2D eigenvalue weighted by Crippen LogP contribution is -2.43. The van der Waals surface area contributed by atoms with Crippen molar-refractivity contribution in [3.63, 3.8) is 0 Å². The molecule has 1 aromatic rings. The van der Waals surface area contributed by atoms with Gasteiger partial charge in [0, 0.05) is 12.1 Å². The third-order valence-corrected chi connectivity index (χ3v) is 2.50. The number of carbonyl (C=O) groups is 2. The van der Waals surface area contributed by atoms with Gasteiger partial charge in [0.1, 0.15) is 6.54 Å². The van der Waals surface area contributed by atoms with Crippen LogP contribution in [0.3, 0.4) is 0 Å². The van der Waals surface area contributed by atoms with Gasteiger partial charge >= 0.3 is 0 Å². The summed E-state index contributed by atoms with van der Waals surface area (Å²) in [5.41, 5.74) is 6.55. The van der Waals surface area contributed by atoms with E-state index >= 15 is 0 Å². The fraction of sp³-hybridized carbons (Fsp3) is 0.583. The number of nitrogens with zero attached hydrogens (tertiary/aromatic N) is 2. The van der Waals surface area contributed by atoms with Gasteiger partial charge in [-0.2, -0.15) is 5.10 Å². The second-order valence-electron chi connectivity index (χ2n) is 4.28. The minimum atomic E-state index is -0.286. The predicted molar refractivity (Wildman–Crippen MR) is 67.5 cm³/mol. The van der Waals surface area contributed by atoms with Crippen molar-refractivity contribution in [2.75, 3.05) is 0 Å². The predicted octanol–water partition coefficient (Wildman–Crippen LogP) is 0.838. The molecule has 0 aliphatic carbocycles. The van der Waals surface area contributed by atoms with Crippen molar-refractivity contribution >= 4 is 11.8 Å². The number of unbranched alkanes of at least 4 members (excludes halogenated alkanes) is 1. The van der Waals surface area contributed by atoms with Crippen LogP contribution in [-0.4, -0.2) is 21.6 Å². The Balaban J connectivity index is 2.34. The normalized spacial score (nSPS) is 10.2. The minimum absolute atomic E-state index is 0.105. The Labute approximate surface area is 107 Å². The summed E-state index contributed by atoms with van der Waals surface area (Å²) in [5.74, 6) is -0.454. The molecule has 1 rings (SSSR count). The van der Waals surface area contributed by atoms with Gasteiger partial charge in [0.05, 0.1) is 5.69 Å². The van der Waals surface area contributed by atoms with Crippen molar-refractivity contribution in [2.24, 2.45) is 0 Å². The smallest absolute Gasteiger partial charge is 0.260 e. The molecule has 18 heavy (non-hydrogen) atoms. The van der Waals surface area contributed by atoms with Crippen LogP contribution >= 0.6 is 0 Å². The number of aryl methyl sites for hydroxylation is 2. The van der Waals surface area contributed by atoms with Crippen LogP contribution in [0.15, 0.2) is 6.07 Å². The average Bonchev–Trinajstić information content (AvgIpc) is 2.62. The zero-order chi connectivity index (χ0) is 13.5. The molecule has 0 radical (unpaired) electrons. The van der Waals surface area contributed by atoms with Crippen LogP contribution in [0.2, 0.25) is 0 Å². The molecule has 0 aliphatic heterocycles. The Morgan fingerprint density at radius 2 is 1.94 bits per heavy atom. The van der Waals surface area contributed by atoms with Crippen molar-refractivity contribution < 1.29 is 9.59 Å². The number of aromatic nitrogens is 2. The van der Waals surface area contributed by atoms with Crippen molar-refractivity contribution in [2.45, 2.75) is 46.6 Å². The lowest BCUT2D eigenvalue weighted by Gasteiger charge is -2.08. The Bertz CT molecular complexity index is 426. The second kappa shape index (κ2) is 6.78. The van der Waals surface area contributed by atoms with E-state index in [9.17, 15) is 9.59 Å². The molecule has 1 aromatic heterocycles. The minimum Gasteiger partial charge on any atom is -0.273 e. The maximum atomic E-state index is 11.6. The summed E-state index contributed by atoms with van der Waals surface area (Å²) in [4.78, 5) is 22.8. The first-order chi connectivity index (χ1) is 8.52. The molecule has 6 heteroatoms. The average molecular weight is 252 g/mol. The van der Waals surface area contributed by atoms with Crippen LogP contribution in [-0.2, 0) is 16.1 Å². The van der Waals surface area contributed by atoms with E-state index in [1.165, 1.54) is 0 Å². The molecule has 1 heterocycles. The van der Waals surface area contributed by atoms with Crippen LogP contribution < -0.4 is 10.9 Å².